The fraction of sp³-hybridized carbons (Fsp3) is 0.985. The van der Waals surface area contributed by atoms with Crippen LogP contribution in [0.1, 0.15) is 322 Å². The van der Waals surface area contributed by atoms with Crippen LogP contribution < -0.4 is 5.32 Å². The molecule has 2 fully saturated rings. The first-order valence-corrected chi connectivity index (χ1v) is 34.3. The van der Waals surface area contributed by atoms with E-state index in [1.807, 2.05) is 0 Å². The summed E-state index contributed by atoms with van der Waals surface area (Å²) in [6.45, 7) is 2.91. The summed E-state index contributed by atoms with van der Waals surface area (Å²) in [7, 11) is 0. The van der Waals surface area contributed by atoms with Crippen molar-refractivity contribution in [2.24, 2.45) is 0 Å². The first-order valence-electron chi connectivity index (χ1n) is 34.3. The van der Waals surface area contributed by atoms with Crippen molar-refractivity contribution in [3.8, 4) is 0 Å². The largest absolute Gasteiger partial charge is 0.394 e. The number of carbonyl (C=O) groups is 1. The highest BCUT2D eigenvalue weighted by molar-refractivity contribution is 5.76. The Morgan fingerprint density at radius 1 is 0.400 bits per heavy atom. The molecule has 14 nitrogen and oxygen atoms in total. The summed E-state index contributed by atoms with van der Waals surface area (Å²) in [6, 6.07) is -0.823. The summed E-state index contributed by atoms with van der Waals surface area (Å²) in [6.07, 6.45) is 44.2. The van der Waals surface area contributed by atoms with Gasteiger partial charge in [0.15, 0.2) is 12.6 Å². The first kappa shape index (κ1) is 75.1. The maximum atomic E-state index is 13.3. The molecule has 2 aliphatic heterocycles. The van der Waals surface area contributed by atoms with Gasteiger partial charge in [-0.1, -0.05) is 303 Å². The van der Waals surface area contributed by atoms with Crippen LogP contribution in [0.2, 0.25) is 0 Å². The number of amides is 1. The molecular formula is C66H129NO13. The van der Waals surface area contributed by atoms with E-state index in [0.29, 0.717) is 12.8 Å². The number of nitrogens with one attached hydrogen (secondary N) is 1. The Balaban J connectivity index is 1.62. The molecule has 12 atom stereocenters. The molecule has 2 heterocycles. The fourth-order valence-corrected chi connectivity index (χ4v) is 11.8. The quantitative estimate of drug-likeness (QED) is 0.0259. The van der Waals surface area contributed by atoms with Crippen LogP contribution in [0.4, 0.5) is 0 Å². The number of carbonyl (C=O) groups excluding carboxylic acids is 1. The Bertz CT molecular complexity index is 1350. The average Bonchev–Trinajstić information content (AvgIpc) is 3.46. The molecule has 0 aliphatic carbocycles. The zero-order valence-corrected chi connectivity index (χ0v) is 51.6. The van der Waals surface area contributed by atoms with Gasteiger partial charge in [-0.3, -0.25) is 4.79 Å². The van der Waals surface area contributed by atoms with Crippen molar-refractivity contribution in [1.82, 2.24) is 5.32 Å². The van der Waals surface area contributed by atoms with Crippen molar-refractivity contribution in [3.05, 3.63) is 0 Å². The van der Waals surface area contributed by atoms with Crippen LogP contribution in [-0.4, -0.2) is 140 Å². The molecule has 0 spiro atoms. The van der Waals surface area contributed by atoms with Gasteiger partial charge in [-0.15, -0.1) is 0 Å². The Hall–Kier alpha value is -1.01. The van der Waals surface area contributed by atoms with E-state index in [2.05, 4.69) is 19.2 Å². The second-order valence-corrected chi connectivity index (χ2v) is 24.7. The van der Waals surface area contributed by atoms with Gasteiger partial charge >= 0.3 is 0 Å². The normalized spacial score (nSPS) is 24.1. The van der Waals surface area contributed by atoms with E-state index < -0.39 is 86.8 Å². The molecule has 14 heteroatoms. The molecule has 0 bridgehead atoms. The van der Waals surface area contributed by atoms with Crippen LogP contribution >= 0.6 is 0 Å². The predicted octanol–water partition coefficient (Wildman–Crippen LogP) is 13.2. The second-order valence-electron chi connectivity index (χ2n) is 24.7. The number of aliphatic hydroxyl groups excluding tert-OH is 8. The van der Waals surface area contributed by atoms with Gasteiger partial charge in [0.2, 0.25) is 5.91 Å². The molecule has 80 heavy (non-hydrogen) atoms. The van der Waals surface area contributed by atoms with Crippen LogP contribution in [0.5, 0.6) is 0 Å². The van der Waals surface area contributed by atoms with E-state index in [0.717, 1.165) is 51.4 Å². The van der Waals surface area contributed by atoms with Gasteiger partial charge in [0.05, 0.1) is 32.0 Å². The highest BCUT2D eigenvalue weighted by Crippen LogP contribution is 2.30. The van der Waals surface area contributed by atoms with Crippen molar-refractivity contribution in [3.63, 3.8) is 0 Å². The Labute approximate surface area is 489 Å². The highest BCUT2D eigenvalue weighted by atomic mass is 16.7. The topological polar surface area (TPSA) is 228 Å². The molecule has 0 radical (unpaired) electrons. The van der Waals surface area contributed by atoms with E-state index in [1.165, 1.54) is 244 Å². The summed E-state index contributed by atoms with van der Waals surface area (Å²) in [5.74, 6) is -0.198. The fourth-order valence-electron chi connectivity index (χ4n) is 11.8. The molecule has 0 saturated carbocycles. The number of ether oxygens (including phenoxy) is 4. The maximum absolute atomic E-state index is 13.3. The van der Waals surface area contributed by atoms with Crippen molar-refractivity contribution in [1.29, 1.82) is 0 Å². The second kappa shape index (κ2) is 52.3. The number of unbranched alkanes of at least 4 members (excludes halogenated alkanes) is 44. The average molecular weight is 1140 g/mol. The van der Waals surface area contributed by atoms with Gasteiger partial charge in [-0.25, -0.2) is 0 Å². The number of rotatable bonds is 57. The summed E-state index contributed by atoms with van der Waals surface area (Å²) < 4.78 is 22.9. The minimum Gasteiger partial charge on any atom is -0.394 e. The Morgan fingerprint density at radius 2 is 0.713 bits per heavy atom. The van der Waals surface area contributed by atoms with Crippen LogP contribution in [0.15, 0.2) is 0 Å². The molecule has 4 unspecified atom stereocenters. The van der Waals surface area contributed by atoms with Crippen molar-refractivity contribution < 1.29 is 64.6 Å². The van der Waals surface area contributed by atoms with Gasteiger partial charge in [0.1, 0.15) is 48.8 Å². The summed E-state index contributed by atoms with van der Waals surface area (Å²) in [5.41, 5.74) is 0. The lowest BCUT2D eigenvalue weighted by molar-refractivity contribution is -0.359. The highest BCUT2D eigenvalue weighted by Gasteiger charge is 2.51. The van der Waals surface area contributed by atoms with Crippen molar-refractivity contribution in [2.45, 2.75) is 396 Å². The third kappa shape index (κ3) is 36.7. The predicted molar refractivity (Wildman–Crippen MR) is 323 cm³/mol. The standard InChI is InChI=1S/C66H129NO13/c1-3-5-7-9-11-13-15-17-19-20-21-22-23-24-25-26-27-28-29-30-31-32-33-34-36-38-40-42-44-46-48-50-58(71)67-54(55(70)49-47-45-43-41-39-37-35-18-16-14-12-10-8-6-4-2)53-77-65-63(76)61(74)64(57(52-69)79-65)80-66-62(75)60(73)59(72)56(51-68)78-66/h54-57,59-66,68-70,72-76H,3-53H2,1-2H3,(H,67,71)/t54-,55+,56+,57+,59-,60?,61?,62?,63?,64+,65+,66-/m0/s1. The molecule has 9 N–H and O–H groups in total. The molecule has 0 aromatic carbocycles. The van der Waals surface area contributed by atoms with E-state index in [-0.39, 0.29) is 12.5 Å². The third-order valence-electron chi connectivity index (χ3n) is 17.3. The number of hydrogen-bond donors (Lipinski definition) is 9. The molecule has 476 valence electrons. The monoisotopic (exact) mass is 1140 g/mol. The van der Waals surface area contributed by atoms with E-state index in [1.54, 1.807) is 0 Å². The van der Waals surface area contributed by atoms with E-state index in [4.69, 9.17) is 18.9 Å². The Kier molecular flexibility index (Phi) is 49.1. The molecular weight excluding hydrogens is 1010 g/mol. The zero-order valence-electron chi connectivity index (χ0n) is 51.6. The summed E-state index contributed by atoms with van der Waals surface area (Å²) in [4.78, 5) is 13.3. The van der Waals surface area contributed by atoms with Crippen LogP contribution in [0, 0.1) is 0 Å². The lowest BCUT2D eigenvalue weighted by Gasteiger charge is -2.46. The molecule has 0 aromatic rings. The molecule has 2 aliphatic rings. The van der Waals surface area contributed by atoms with E-state index >= 15 is 0 Å². The maximum Gasteiger partial charge on any atom is 0.220 e. The van der Waals surface area contributed by atoms with Crippen molar-refractivity contribution in [2.75, 3.05) is 19.8 Å². The van der Waals surface area contributed by atoms with Gasteiger partial charge in [0, 0.05) is 6.42 Å². The third-order valence-corrected chi connectivity index (χ3v) is 17.3. The van der Waals surface area contributed by atoms with Crippen LogP contribution in [-0.2, 0) is 23.7 Å². The first-order chi connectivity index (χ1) is 39.1. The summed E-state index contributed by atoms with van der Waals surface area (Å²) >= 11 is 0. The van der Waals surface area contributed by atoms with E-state index in [9.17, 15) is 45.6 Å². The van der Waals surface area contributed by atoms with Gasteiger partial charge < -0.3 is 65.1 Å². The van der Waals surface area contributed by atoms with Crippen LogP contribution in [0.25, 0.3) is 0 Å². The molecule has 0 aromatic heterocycles. The molecule has 2 saturated heterocycles. The minimum atomic E-state index is -1.78. The molecule has 2 rings (SSSR count). The SMILES string of the molecule is CCCCCCCCCCCCCCCCCCCCCCCCCCCCCCCCCC(=O)N[C@@H](CO[C@@H]1O[C@H](CO)[C@@H](O[C@@H]2O[C@H](CO)[C@H](O)C(O)C2O)C(O)C1O)[C@H](O)CCCCCCCCCCCCCCCCC. The molecule has 1 amide bonds. The summed E-state index contributed by atoms with van der Waals surface area (Å²) in [5, 5.41) is 87.4. The smallest absolute Gasteiger partial charge is 0.220 e. The minimum absolute atomic E-state index is 0.198. The van der Waals surface area contributed by atoms with Gasteiger partial charge in [-0.05, 0) is 12.8 Å². The Morgan fingerprint density at radius 3 is 1.06 bits per heavy atom. The van der Waals surface area contributed by atoms with Crippen molar-refractivity contribution >= 4 is 5.91 Å². The lowest BCUT2D eigenvalue weighted by Crippen LogP contribution is -2.65. The number of aliphatic hydroxyl groups is 8. The van der Waals surface area contributed by atoms with Crippen LogP contribution in [0.3, 0.4) is 0 Å². The van der Waals surface area contributed by atoms with Gasteiger partial charge in [-0.2, -0.15) is 0 Å². The zero-order chi connectivity index (χ0) is 58.1. The van der Waals surface area contributed by atoms with Gasteiger partial charge in [0.25, 0.3) is 0 Å². The lowest BCUT2D eigenvalue weighted by atomic mass is 9.97. The number of hydrogen-bond acceptors (Lipinski definition) is 13.